The summed E-state index contributed by atoms with van der Waals surface area (Å²) in [6, 6.07) is 10.6. The highest BCUT2D eigenvalue weighted by atomic mass is 35.5. The molecule has 0 spiro atoms. The molecular formula is C18H17ClN2O6. The minimum absolute atomic E-state index is 0.0789. The molecule has 2 rings (SSSR count). The number of nitrogens with zero attached hydrogens (tertiary/aromatic N) is 2. The standard InChI is InChI=1S/C18H17ClN2O6/c1-20(8-9-26-15-5-3-14(19)4-6-15)18(23)12-27-17-7-2-13(11-22)10-16(17)21(24)25/h2-7,10-11H,8-9,12H2,1H3. The molecule has 0 atom stereocenters. The maximum atomic E-state index is 12.1. The van der Waals surface area contributed by atoms with Crippen molar-refractivity contribution in [3.05, 3.63) is 63.2 Å². The highest BCUT2D eigenvalue weighted by Gasteiger charge is 2.18. The van der Waals surface area contributed by atoms with E-state index in [2.05, 4.69) is 0 Å². The zero-order valence-electron chi connectivity index (χ0n) is 14.5. The van der Waals surface area contributed by atoms with E-state index < -0.39 is 4.92 Å². The summed E-state index contributed by atoms with van der Waals surface area (Å²) in [6.45, 7) is 0.188. The molecule has 0 saturated carbocycles. The van der Waals surface area contributed by atoms with Crippen LogP contribution in [0.25, 0.3) is 0 Å². The number of amides is 1. The third-order valence-corrected chi connectivity index (χ3v) is 3.85. The fraction of sp³-hybridized carbons (Fsp3) is 0.222. The van der Waals surface area contributed by atoms with Crippen LogP contribution in [0.5, 0.6) is 11.5 Å². The van der Waals surface area contributed by atoms with Gasteiger partial charge in [-0.15, -0.1) is 0 Å². The van der Waals surface area contributed by atoms with Crippen LogP contribution in [-0.2, 0) is 4.79 Å². The molecule has 1 amide bonds. The molecule has 0 heterocycles. The first-order valence-electron chi connectivity index (χ1n) is 7.89. The van der Waals surface area contributed by atoms with E-state index in [-0.39, 0.29) is 36.1 Å². The number of halogens is 1. The smallest absolute Gasteiger partial charge is 0.311 e. The lowest BCUT2D eigenvalue weighted by Crippen LogP contribution is -2.34. The van der Waals surface area contributed by atoms with Gasteiger partial charge in [-0.25, -0.2) is 0 Å². The summed E-state index contributed by atoms with van der Waals surface area (Å²) in [7, 11) is 1.57. The first-order valence-corrected chi connectivity index (χ1v) is 8.27. The van der Waals surface area contributed by atoms with Crippen molar-refractivity contribution in [2.75, 3.05) is 26.8 Å². The number of ether oxygens (including phenoxy) is 2. The summed E-state index contributed by atoms with van der Waals surface area (Å²) >= 11 is 5.79. The second-order valence-corrected chi connectivity index (χ2v) is 5.94. The summed E-state index contributed by atoms with van der Waals surface area (Å²) in [5.74, 6) is 0.177. The Kier molecular flexibility index (Phi) is 7.13. The average Bonchev–Trinajstić information content (AvgIpc) is 2.67. The monoisotopic (exact) mass is 392 g/mol. The molecule has 0 radical (unpaired) electrons. The van der Waals surface area contributed by atoms with Crippen LogP contribution in [0.2, 0.25) is 5.02 Å². The molecule has 0 N–H and O–H groups in total. The highest BCUT2D eigenvalue weighted by molar-refractivity contribution is 6.30. The minimum Gasteiger partial charge on any atom is -0.492 e. The second kappa shape index (κ2) is 9.54. The van der Waals surface area contributed by atoms with E-state index in [1.54, 1.807) is 31.3 Å². The average molecular weight is 393 g/mol. The maximum Gasteiger partial charge on any atom is 0.311 e. The van der Waals surface area contributed by atoms with E-state index >= 15 is 0 Å². The largest absolute Gasteiger partial charge is 0.492 e. The van der Waals surface area contributed by atoms with Crippen molar-refractivity contribution in [2.45, 2.75) is 0 Å². The van der Waals surface area contributed by atoms with Gasteiger partial charge in [0.15, 0.2) is 12.4 Å². The van der Waals surface area contributed by atoms with Crippen LogP contribution in [-0.4, -0.2) is 48.8 Å². The SMILES string of the molecule is CN(CCOc1ccc(Cl)cc1)C(=O)COc1ccc(C=O)cc1[N+](=O)[O-]. The Labute approximate surface area is 160 Å². The maximum absolute atomic E-state index is 12.1. The van der Waals surface area contributed by atoms with Gasteiger partial charge in [-0.2, -0.15) is 0 Å². The molecule has 0 aromatic heterocycles. The van der Waals surface area contributed by atoms with Gasteiger partial charge in [0, 0.05) is 23.7 Å². The van der Waals surface area contributed by atoms with Gasteiger partial charge >= 0.3 is 5.69 Å². The topological polar surface area (TPSA) is 99.0 Å². The molecule has 9 heteroatoms. The van der Waals surface area contributed by atoms with Crippen molar-refractivity contribution in [2.24, 2.45) is 0 Å². The number of likely N-dealkylation sites (N-methyl/N-ethyl adjacent to an activating group) is 1. The fourth-order valence-corrected chi connectivity index (χ4v) is 2.20. The number of nitro groups is 1. The van der Waals surface area contributed by atoms with Gasteiger partial charge in [-0.1, -0.05) is 11.6 Å². The van der Waals surface area contributed by atoms with Gasteiger partial charge in [0.2, 0.25) is 0 Å². The van der Waals surface area contributed by atoms with Gasteiger partial charge in [0.25, 0.3) is 5.91 Å². The lowest BCUT2D eigenvalue weighted by molar-refractivity contribution is -0.385. The zero-order chi connectivity index (χ0) is 19.8. The summed E-state index contributed by atoms with van der Waals surface area (Å²) in [5, 5.41) is 11.7. The Hall–Kier alpha value is -3.13. The first-order chi connectivity index (χ1) is 12.9. The van der Waals surface area contributed by atoms with Gasteiger partial charge < -0.3 is 14.4 Å². The molecule has 0 aliphatic heterocycles. The molecule has 2 aromatic rings. The molecule has 2 aromatic carbocycles. The summed E-state index contributed by atoms with van der Waals surface area (Å²) in [4.78, 5) is 34.6. The van der Waals surface area contributed by atoms with Crippen LogP contribution in [0.1, 0.15) is 10.4 Å². The van der Waals surface area contributed by atoms with E-state index in [1.165, 1.54) is 17.0 Å². The highest BCUT2D eigenvalue weighted by Crippen LogP contribution is 2.27. The number of benzene rings is 2. The molecular weight excluding hydrogens is 376 g/mol. The van der Waals surface area contributed by atoms with Crippen molar-refractivity contribution in [3.8, 4) is 11.5 Å². The number of hydrogen-bond donors (Lipinski definition) is 0. The summed E-state index contributed by atoms with van der Waals surface area (Å²) in [6.07, 6.45) is 0.496. The van der Waals surface area contributed by atoms with Crippen LogP contribution in [0.15, 0.2) is 42.5 Å². The lowest BCUT2D eigenvalue weighted by atomic mass is 10.2. The molecule has 0 bridgehead atoms. The summed E-state index contributed by atoms with van der Waals surface area (Å²) < 4.78 is 10.8. The normalized spacial score (nSPS) is 10.1. The van der Waals surface area contributed by atoms with E-state index in [0.29, 0.717) is 23.6 Å². The van der Waals surface area contributed by atoms with E-state index in [4.69, 9.17) is 21.1 Å². The Morgan fingerprint density at radius 3 is 2.56 bits per heavy atom. The molecule has 0 unspecified atom stereocenters. The number of nitro benzene ring substituents is 1. The van der Waals surface area contributed by atoms with Crippen molar-refractivity contribution in [3.63, 3.8) is 0 Å². The van der Waals surface area contributed by atoms with Crippen molar-refractivity contribution >= 4 is 29.5 Å². The van der Waals surface area contributed by atoms with Crippen LogP contribution in [0.3, 0.4) is 0 Å². The van der Waals surface area contributed by atoms with Gasteiger partial charge in [-0.05, 0) is 36.4 Å². The van der Waals surface area contributed by atoms with Crippen molar-refractivity contribution < 1.29 is 24.0 Å². The lowest BCUT2D eigenvalue weighted by Gasteiger charge is -2.17. The Morgan fingerprint density at radius 1 is 1.22 bits per heavy atom. The van der Waals surface area contributed by atoms with Crippen LogP contribution < -0.4 is 9.47 Å². The van der Waals surface area contributed by atoms with Gasteiger partial charge in [-0.3, -0.25) is 19.7 Å². The van der Waals surface area contributed by atoms with Gasteiger partial charge in [0.05, 0.1) is 11.5 Å². The third-order valence-electron chi connectivity index (χ3n) is 3.60. The molecule has 0 aliphatic carbocycles. The van der Waals surface area contributed by atoms with E-state index in [9.17, 15) is 19.7 Å². The second-order valence-electron chi connectivity index (χ2n) is 5.51. The molecule has 27 heavy (non-hydrogen) atoms. The van der Waals surface area contributed by atoms with Crippen LogP contribution in [0.4, 0.5) is 5.69 Å². The first kappa shape index (κ1) is 20.2. The molecule has 0 fully saturated rings. The predicted octanol–water partition coefficient (Wildman–Crippen LogP) is 2.98. The van der Waals surface area contributed by atoms with Crippen molar-refractivity contribution in [1.82, 2.24) is 4.90 Å². The van der Waals surface area contributed by atoms with Crippen LogP contribution >= 0.6 is 11.6 Å². The predicted molar refractivity (Wildman–Crippen MR) is 98.6 cm³/mol. The van der Waals surface area contributed by atoms with Crippen molar-refractivity contribution in [1.29, 1.82) is 0 Å². The number of rotatable bonds is 9. The summed E-state index contributed by atoms with van der Waals surface area (Å²) in [5.41, 5.74) is -0.224. The number of carbonyl (C=O) groups excluding carboxylic acids is 2. The minimum atomic E-state index is -0.670. The molecule has 0 aliphatic rings. The quantitative estimate of drug-likeness (QED) is 0.369. The van der Waals surface area contributed by atoms with Gasteiger partial charge in [0.1, 0.15) is 18.6 Å². The Morgan fingerprint density at radius 2 is 1.93 bits per heavy atom. The Bertz CT molecular complexity index is 825. The molecule has 0 saturated heterocycles. The third kappa shape index (κ3) is 5.96. The zero-order valence-corrected chi connectivity index (χ0v) is 15.2. The Balaban J connectivity index is 1.85. The molecule has 142 valence electrons. The number of carbonyl (C=O) groups is 2. The van der Waals surface area contributed by atoms with E-state index in [1.807, 2.05) is 0 Å². The number of hydrogen-bond acceptors (Lipinski definition) is 6. The fourth-order valence-electron chi connectivity index (χ4n) is 2.08. The molecule has 8 nitrogen and oxygen atoms in total. The van der Waals surface area contributed by atoms with E-state index in [0.717, 1.165) is 6.07 Å². The number of aldehydes is 1. The van der Waals surface area contributed by atoms with Crippen LogP contribution in [0, 0.1) is 10.1 Å².